The Bertz CT molecular complexity index is 540. The average molecular weight is 271 g/mol. The summed E-state index contributed by atoms with van der Waals surface area (Å²) in [6.45, 7) is 7.05. The molecule has 0 bridgehead atoms. The Morgan fingerprint density at radius 1 is 1.05 bits per heavy atom. The molecule has 0 amide bonds. The van der Waals surface area contributed by atoms with Gasteiger partial charge in [0.15, 0.2) is 0 Å². The third-order valence-corrected chi connectivity index (χ3v) is 3.58. The molecular weight excluding hydrogens is 249 g/mol. The maximum atomic E-state index is 13.5. The number of aryl methyl sites for hydroxylation is 2. The van der Waals surface area contributed by atoms with E-state index < -0.39 is 0 Å². The van der Waals surface area contributed by atoms with Gasteiger partial charge in [-0.3, -0.25) is 0 Å². The monoisotopic (exact) mass is 271 g/mol. The molecule has 0 aromatic heterocycles. The van der Waals surface area contributed by atoms with Crippen LogP contribution in [0.5, 0.6) is 0 Å². The first-order chi connectivity index (χ1) is 9.63. The highest BCUT2D eigenvalue weighted by atomic mass is 19.1. The first-order valence-electron chi connectivity index (χ1n) is 7.18. The molecule has 1 N–H and O–H groups in total. The summed E-state index contributed by atoms with van der Waals surface area (Å²) < 4.78 is 13.5. The summed E-state index contributed by atoms with van der Waals surface area (Å²) in [6, 6.07) is 13.7. The Balaban J connectivity index is 2.47. The Morgan fingerprint density at radius 3 is 2.20 bits per heavy atom. The van der Waals surface area contributed by atoms with Crippen molar-refractivity contribution in [3.8, 4) is 0 Å². The lowest BCUT2D eigenvalue weighted by atomic mass is 9.91. The second-order valence-electron chi connectivity index (χ2n) is 5.25. The van der Waals surface area contributed by atoms with E-state index >= 15 is 0 Å². The van der Waals surface area contributed by atoms with Crippen LogP contribution in [0.25, 0.3) is 0 Å². The van der Waals surface area contributed by atoms with Gasteiger partial charge in [0, 0.05) is 0 Å². The van der Waals surface area contributed by atoms with Crippen LogP contribution in [0.4, 0.5) is 4.39 Å². The molecule has 1 nitrogen and oxygen atoms in total. The molecule has 0 fully saturated rings. The minimum Gasteiger partial charge on any atom is -0.306 e. The molecule has 106 valence electrons. The lowest BCUT2D eigenvalue weighted by Gasteiger charge is -2.23. The van der Waals surface area contributed by atoms with Crippen molar-refractivity contribution in [2.24, 2.45) is 0 Å². The van der Waals surface area contributed by atoms with Crippen LogP contribution >= 0.6 is 0 Å². The van der Waals surface area contributed by atoms with Gasteiger partial charge in [-0.2, -0.15) is 0 Å². The smallest absolute Gasteiger partial charge is 0.123 e. The molecule has 2 aromatic carbocycles. The third-order valence-electron chi connectivity index (χ3n) is 3.58. The van der Waals surface area contributed by atoms with Crippen LogP contribution in [0.3, 0.4) is 0 Å². The number of hydrogen-bond donors (Lipinski definition) is 1. The minimum absolute atomic E-state index is 0.122. The van der Waals surface area contributed by atoms with Gasteiger partial charge in [0.1, 0.15) is 5.82 Å². The Morgan fingerprint density at radius 2 is 1.65 bits per heavy atom. The molecule has 2 aromatic rings. The van der Waals surface area contributed by atoms with Crippen LogP contribution in [0.15, 0.2) is 42.5 Å². The predicted octanol–water partition coefficient (Wildman–Crippen LogP) is 4.53. The molecule has 0 aliphatic rings. The zero-order valence-electron chi connectivity index (χ0n) is 12.4. The molecule has 0 saturated heterocycles. The zero-order chi connectivity index (χ0) is 14.5. The molecule has 1 unspecified atom stereocenters. The van der Waals surface area contributed by atoms with Crippen molar-refractivity contribution in [1.29, 1.82) is 0 Å². The van der Waals surface area contributed by atoms with Crippen LogP contribution in [-0.4, -0.2) is 6.54 Å². The first kappa shape index (κ1) is 14.7. The molecule has 0 radical (unpaired) electrons. The van der Waals surface area contributed by atoms with Gasteiger partial charge in [-0.25, -0.2) is 4.39 Å². The highest BCUT2D eigenvalue weighted by Gasteiger charge is 2.18. The minimum atomic E-state index is -0.161. The van der Waals surface area contributed by atoms with Gasteiger partial charge in [0.25, 0.3) is 0 Å². The SMILES string of the molecule is CCCNC(c1ccccc1)c1c(C)cc(F)cc1C. The number of hydrogen-bond acceptors (Lipinski definition) is 1. The van der Waals surface area contributed by atoms with Crippen molar-refractivity contribution in [3.63, 3.8) is 0 Å². The highest BCUT2D eigenvalue weighted by Crippen LogP contribution is 2.28. The van der Waals surface area contributed by atoms with E-state index in [1.54, 1.807) is 12.1 Å². The lowest BCUT2D eigenvalue weighted by molar-refractivity contribution is 0.586. The van der Waals surface area contributed by atoms with Crippen LogP contribution < -0.4 is 5.32 Å². The van der Waals surface area contributed by atoms with E-state index in [2.05, 4.69) is 24.4 Å². The molecule has 0 aliphatic carbocycles. The fourth-order valence-corrected chi connectivity index (χ4v) is 2.70. The van der Waals surface area contributed by atoms with E-state index in [0.29, 0.717) is 0 Å². The van der Waals surface area contributed by atoms with Crippen LogP contribution in [0.1, 0.15) is 41.6 Å². The van der Waals surface area contributed by atoms with E-state index in [1.165, 1.54) is 11.1 Å². The molecule has 0 spiro atoms. The fraction of sp³-hybridized carbons (Fsp3) is 0.333. The average Bonchev–Trinajstić information content (AvgIpc) is 2.42. The Kier molecular flexibility index (Phi) is 4.91. The Hall–Kier alpha value is -1.67. The van der Waals surface area contributed by atoms with Crippen LogP contribution in [-0.2, 0) is 0 Å². The summed E-state index contributed by atoms with van der Waals surface area (Å²) in [5, 5.41) is 3.58. The van der Waals surface area contributed by atoms with Gasteiger partial charge < -0.3 is 5.32 Å². The predicted molar refractivity (Wildman–Crippen MR) is 82.5 cm³/mol. The summed E-state index contributed by atoms with van der Waals surface area (Å²) in [5.74, 6) is -0.161. The number of halogens is 1. The molecular formula is C18H22FN. The van der Waals surface area contributed by atoms with Crippen molar-refractivity contribution in [2.75, 3.05) is 6.54 Å². The zero-order valence-corrected chi connectivity index (χ0v) is 12.4. The topological polar surface area (TPSA) is 12.0 Å². The molecule has 0 aliphatic heterocycles. The van der Waals surface area contributed by atoms with Crippen LogP contribution in [0, 0.1) is 19.7 Å². The second kappa shape index (κ2) is 6.67. The first-order valence-corrected chi connectivity index (χ1v) is 7.18. The van der Waals surface area contributed by atoms with Crippen molar-refractivity contribution in [1.82, 2.24) is 5.32 Å². The van der Waals surface area contributed by atoms with E-state index in [4.69, 9.17) is 0 Å². The molecule has 2 rings (SSSR count). The van der Waals surface area contributed by atoms with Gasteiger partial charge in [-0.05, 0) is 61.2 Å². The molecule has 0 saturated carbocycles. The molecule has 1 atom stereocenters. The number of benzene rings is 2. The molecule has 20 heavy (non-hydrogen) atoms. The fourth-order valence-electron chi connectivity index (χ4n) is 2.70. The van der Waals surface area contributed by atoms with E-state index in [-0.39, 0.29) is 11.9 Å². The van der Waals surface area contributed by atoms with E-state index in [0.717, 1.165) is 24.1 Å². The molecule has 2 heteroatoms. The highest BCUT2D eigenvalue weighted by molar-refractivity contribution is 5.42. The van der Waals surface area contributed by atoms with Crippen molar-refractivity contribution in [2.45, 2.75) is 33.2 Å². The summed E-state index contributed by atoms with van der Waals surface area (Å²) in [4.78, 5) is 0. The van der Waals surface area contributed by atoms with Crippen molar-refractivity contribution < 1.29 is 4.39 Å². The quantitative estimate of drug-likeness (QED) is 0.842. The summed E-state index contributed by atoms with van der Waals surface area (Å²) in [7, 11) is 0. The summed E-state index contributed by atoms with van der Waals surface area (Å²) in [6.07, 6.45) is 1.07. The van der Waals surface area contributed by atoms with Gasteiger partial charge in [0.05, 0.1) is 6.04 Å². The normalized spacial score (nSPS) is 12.4. The number of rotatable bonds is 5. The van der Waals surface area contributed by atoms with Gasteiger partial charge >= 0.3 is 0 Å². The molecule has 0 heterocycles. The van der Waals surface area contributed by atoms with Crippen molar-refractivity contribution in [3.05, 3.63) is 70.5 Å². The van der Waals surface area contributed by atoms with Crippen LogP contribution in [0.2, 0.25) is 0 Å². The maximum absolute atomic E-state index is 13.5. The Labute approximate surface area is 120 Å². The standard InChI is InChI=1S/C18H22FN/c1-4-10-20-18(15-8-6-5-7-9-15)17-13(2)11-16(19)12-14(17)3/h5-9,11-12,18,20H,4,10H2,1-3H3. The third kappa shape index (κ3) is 3.26. The van der Waals surface area contributed by atoms with Gasteiger partial charge in [0.2, 0.25) is 0 Å². The van der Waals surface area contributed by atoms with Gasteiger partial charge in [-0.1, -0.05) is 37.3 Å². The second-order valence-corrected chi connectivity index (χ2v) is 5.25. The summed E-state index contributed by atoms with van der Waals surface area (Å²) in [5.41, 5.74) is 4.41. The summed E-state index contributed by atoms with van der Waals surface area (Å²) >= 11 is 0. The van der Waals surface area contributed by atoms with E-state index in [9.17, 15) is 4.39 Å². The largest absolute Gasteiger partial charge is 0.306 e. The lowest BCUT2D eigenvalue weighted by Crippen LogP contribution is -2.24. The number of nitrogens with one attached hydrogen (secondary N) is 1. The van der Waals surface area contributed by atoms with Crippen molar-refractivity contribution >= 4 is 0 Å². The van der Waals surface area contributed by atoms with Gasteiger partial charge in [-0.15, -0.1) is 0 Å². The van der Waals surface area contributed by atoms with E-state index in [1.807, 2.05) is 32.0 Å². The maximum Gasteiger partial charge on any atom is 0.123 e.